The number of nitrogens with zero attached hydrogens (tertiary/aromatic N) is 5. The maximum atomic E-state index is 13.4. The Morgan fingerprint density at radius 2 is 2.00 bits per heavy atom. The zero-order chi connectivity index (χ0) is 22.9. The van der Waals surface area contributed by atoms with E-state index >= 15 is 0 Å². The number of fused-ring (bicyclic) bond motifs is 1. The van der Waals surface area contributed by atoms with E-state index < -0.39 is 6.10 Å². The molecule has 2 aromatic heterocycles. The molecule has 0 bridgehead atoms. The van der Waals surface area contributed by atoms with Crippen LogP contribution in [0, 0.1) is 5.82 Å². The van der Waals surface area contributed by atoms with Crippen molar-refractivity contribution in [3.8, 4) is 11.4 Å². The molecule has 0 spiro atoms. The molecular weight excluding hydrogens is 447 g/mol. The third-order valence-electron chi connectivity index (χ3n) is 5.72. The Balaban J connectivity index is 1.45. The molecule has 4 aromatic rings. The molecule has 0 saturated carbocycles. The van der Waals surface area contributed by atoms with Gasteiger partial charge in [0.25, 0.3) is 0 Å². The molecule has 0 radical (unpaired) electrons. The molecule has 0 saturated heterocycles. The van der Waals surface area contributed by atoms with Gasteiger partial charge in [-0.3, -0.25) is 0 Å². The largest absolute Gasteiger partial charge is 0.494 e. The molecule has 1 aliphatic heterocycles. The summed E-state index contributed by atoms with van der Waals surface area (Å²) in [5, 5.41) is 18.5. The maximum Gasteiger partial charge on any atom is 0.246 e. The fourth-order valence-corrected chi connectivity index (χ4v) is 4.27. The standard InChI is InChI=1S/C23H22ClFN6O2/c1-33-20-10-16(6-9-19(20)30-12-21(24)26-13-30)27-23-28-22-18(14-2-4-15(25)5-3-14)8-7-17(32)11-31(22)29-23/h2-6,9-10,12-13,17-18,32H,7-8,11H2,1H3,(H,27,29)/t17-,18+/m1/s1. The van der Waals surface area contributed by atoms with Gasteiger partial charge >= 0.3 is 0 Å². The van der Waals surface area contributed by atoms with Gasteiger partial charge in [-0.1, -0.05) is 23.7 Å². The van der Waals surface area contributed by atoms with Crippen LogP contribution in [-0.4, -0.2) is 42.6 Å². The number of aliphatic hydroxyl groups is 1. The van der Waals surface area contributed by atoms with Crippen LogP contribution in [0.1, 0.15) is 30.1 Å². The zero-order valence-electron chi connectivity index (χ0n) is 17.8. The minimum Gasteiger partial charge on any atom is -0.494 e. The molecule has 8 nitrogen and oxygen atoms in total. The van der Waals surface area contributed by atoms with Crippen molar-refractivity contribution >= 4 is 23.2 Å². The van der Waals surface area contributed by atoms with Gasteiger partial charge < -0.3 is 19.7 Å². The van der Waals surface area contributed by atoms with Crippen molar-refractivity contribution in [3.63, 3.8) is 0 Å². The van der Waals surface area contributed by atoms with Crippen LogP contribution in [0.5, 0.6) is 5.75 Å². The lowest BCUT2D eigenvalue weighted by Crippen LogP contribution is -2.15. The number of aliphatic hydroxyl groups excluding tert-OH is 1. The van der Waals surface area contributed by atoms with E-state index in [0.717, 1.165) is 22.8 Å². The van der Waals surface area contributed by atoms with Gasteiger partial charge in [-0.15, -0.1) is 5.10 Å². The van der Waals surface area contributed by atoms with Crippen LogP contribution in [0.15, 0.2) is 55.0 Å². The fraction of sp³-hybridized carbons (Fsp3) is 0.261. The second-order valence-corrected chi connectivity index (χ2v) is 8.31. The third kappa shape index (κ3) is 4.42. The van der Waals surface area contributed by atoms with Gasteiger partial charge in [0.15, 0.2) is 0 Å². The zero-order valence-corrected chi connectivity index (χ0v) is 18.6. The number of ether oxygens (including phenoxy) is 1. The molecule has 0 fully saturated rings. The molecular formula is C23H22ClFN6O2. The Hall–Kier alpha value is -3.43. The SMILES string of the molecule is COc1cc(Nc2nc3n(n2)C[C@H](O)CC[C@H]3c2ccc(F)cc2)ccc1-n1cnc(Cl)c1. The number of rotatable bonds is 5. The number of halogens is 2. The van der Waals surface area contributed by atoms with Gasteiger partial charge in [-0.25, -0.2) is 14.1 Å². The van der Waals surface area contributed by atoms with Gasteiger partial charge in [-0.05, 0) is 42.7 Å². The van der Waals surface area contributed by atoms with Crippen molar-refractivity contribution in [1.82, 2.24) is 24.3 Å². The number of benzene rings is 2. The number of anilines is 2. The van der Waals surface area contributed by atoms with Crippen molar-refractivity contribution in [2.45, 2.75) is 31.4 Å². The summed E-state index contributed by atoms with van der Waals surface area (Å²) in [6.07, 6.45) is 4.10. The molecule has 0 amide bonds. The van der Waals surface area contributed by atoms with E-state index in [1.165, 1.54) is 12.1 Å². The van der Waals surface area contributed by atoms with E-state index in [1.54, 1.807) is 41.0 Å². The fourth-order valence-electron chi connectivity index (χ4n) is 4.12. The van der Waals surface area contributed by atoms with Crippen molar-refractivity contribution < 1.29 is 14.2 Å². The summed E-state index contributed by atoms with van der Waals surface area (Å²) in [7, 11) is 1.59. The van der Waals surface area contributed by atoms with Crippen LogP contribution in [0.3, 0.4) is 0 Å². The summed E-state index contributed by atoms with van der Waals surface area (Å²) < 4.78 is 22.5. The van der Waals surface area contributed by atoms with E-state index in [9.17, 15) is 9.50 Å². The Kier molecular flexibility index (Phi) is 5.74. The Bertz CT molecular complexity index is 1270. The molecule has 0 aliphatic carbocycles. The quantitative estimate of drug-likeness (QED) is 0.454. The summed E-state index contributed by atoms with van der Waals surface area (Å²) >= 11 is 5.94. The number of aromatic nitrogens is 5. The Morgan fingerprint density at radius 3 is 2.73 bits per heavy atom. The summed E-state index contributed by atoms with van der Waals surface area (Å²) in [4.78, 5) is 8.76. The monoisotopic (exact) mass is 468 g/mol. The highest BCUT2D eigenvalue weighted by Gasteiger charge is 2.27. The Morgan fingerprint density at radius 1 is 1.18 bits per heavy atom. The first-order valence-electron chi connectivity index (χ1n) is 10.5. The van der Waals surface area contributed by atoms with Crippen molar-refractivity contribution in [3.05, 3.63) is 77.3 Å². The van der Waals surface area contributed by atoms with Crippen LogP contribution in [0.4, 0.5) is 16.0 Å². The first-order chi connectivity index (χ1) is 16.0. The minimum absolute atomic E-state index is 0.0892. The third-order valence-corrected chi connectivity index (χ3v) is 5.92. The lowest BCUT2D eigenvalue weighted by atomic mass is 9.93. The molecule has 2 N–H and O–H groups in total. The van der Waals surface area contributed by atoms with Crippen LogP contribution in [0.25, 0.3) is 5.69 Å². The topological polar surface area (TPSA) is 90.0 Å². The van der Waals surface area contributed by atoms with Crippen LogP contribution in [0.2, 0.25) is 5.15 Å². The summed E-state index contributed by atoms with van der Waals surface area (Å²) in [6.45, 7) is 0.353. The number of nitrogens with one attached hydrogen (secondary N) is 1. The summed E-state index contributed by atoms with van der Waals surface area (Å²) in [5.74, 6) is 1.39. The van der Waals surface area contributed by atoms with E-state index in [0.29, 0.717) is 36.2 Å². The van der Waals surface area contributed by atoms with Crippen LogP contribution in [-0.2, 0) is 6.54 Å². The van der Waals surface area contributed by atoms with Gasteiger partial charge in [0, 0.05) is 23.9 Å². The normalized spacial score (nSPS) is 17.9. The van der Waals surface area contributed by atoms with Gasteiger partial charge in [0.2, 0.25) is 5.95 Å². The van der Waals surface area contributed by atoms with E-state index in [1.807, 2.05) is 18.2 Å². The highest BCUT2D eigenvalue weighted by atomic mass is 35.5. The van der Waals surface area contributed by atoms with Crippen LogP contribution >= 0.6 is 11.6 Å². The molecule has 1 aliphatic rings. The highest BCUT2D eigenvalue weighted by Crippen LogP contribution is 2.33. The maximum absolute atomic E-state index is 13.4. The van der Waals surface area contributed by atoms with Gasteiger partial charge in [0.05, 0.1) is 25.4 Å². The number of hydrogen-bond donors (Lipinski definition) is 2. The van der Waals surface area contributed by atoms with Crippen molar-refractivity contribution in [1.29, 1.82) is 0 Å². The number of imidazole rings is 1. The minimum atomic E-state index is -0.523. The van der Waals surface area contributed by atoms with E-state index in [-0.39, 0.29) is 11.7 Å². The number of methoxy groups -OCH3 is 1. The molecule has 0 unspecified atom stereocenters. The highest BCUT2D eigenvalue weighted by molar-refractivity contribution is 6.29. The second kappa shape index (κ2) is 8.84. The molecule has 33 heavy (non-hydrogen) atoms. The van der Waals surface area contributed by atoms with Crippen LogP contribution < -0.4 is 10.1 Å². The average Bonchev–Trinajstić information content (AvgIpc) is 3.37. The second-order valence-electron chi connectivity index (χ2n) is 7.93. The van der Waals surface area contributed by atoms with Crippen molar-refractivity contribution in [2.24, 2.45) is 0 Å². The predicted octanol–water partition coefficient (Wildman–Crippen LogP) is 4.30. The Labute approximate surface area is 194 Å². The van der Waals surface area contributed by atoms with Gasteiger partial charge in [0.1, 0.15) is 28.9 Å². The summed E-state index contributed by atoms with van der Waals surface area (Å²) in [6, 6.07) is 12.0. The lowest BCUT2D eigenvalue weighted by Gasteiger charge is -2.14. The van der Waals surface area contributed by atoms with E-state index in [2.05, 4.69) is 15.4 Å². The molecule has 10 heteroatoms. The smallest absolute Gasteiger partial charge is 0.246 e. The molecule has 2 atom stereocenters. The molecule has 2 aromatic carbocycles. The van der Waals surface area contributed by atoms with Crippen molar-refractivity contribution in [2.75, 3.05) is 12.4 Å². The molecule has 5 rings (SSSR count). The molecule has 170 valence electrons. The van der Waals surface area contributed by atoms with Gasteiger partial charge in [-0.2, -0.15) is 4.98 Å². The van der Waals surface area contributed by atoms with E-state index in [4.69, 9.17) is 21.3 Å². The average molecular weight is 469 g/mol. The first-order valence-corrected chi connectivity index (χ1v) is 10.9. The number of hydrogen-bond acceptors (Lipinski definition) is 6. The first kappa shape index (κ1) is 21.4. The predicted molar refractivity (Wildman–Crippen MR) is 122 cm³/mol. The summed E-state index contributed by atoms with van der Waals surface area (Å²) in [5.41, 5.74) is 2.47. The lowest BCUT2D eigenvalue weighted by molar-refractivity contribution is 0.143. The molecule has 3 heterocycles.